The number of amides is 2. The van der Waals surface area contributed by atoms with E-state index >= 15 is 0 Å². The van der Waals surface area contributed by atoms with Crippen LogP contribution in [0.5, 0.6) is 5.75 Å². The molecule has 0 bridgehead atoms. The Bertz CT molecular complexity index is 1450. The SMILES string of the molecule is COc1ccccc1C(=O)N1CCN(c2ccc(NC(=O)CSc3nnc(-c4ccccc4Br)o3)cc2)CC1. The van der Waals surface area contributed by atoms with Gasteiger partial charge in [-0.25, -0.2) is 0 Å². The van der Waals surface area contributed by atoms with Gasteiger partial charge in [0.05, 0.1) is 24.0 Å². The number of carbonyl (C=O) groups is 2. The Kier molecular flexibility index (Phi) is 8.48. The molecule has 2 heterocycles. The Labute approximate surface area is 238 Å². The first-order chi connectivity index (χ1) is 19.0. The fraction of sp³-hybridized carbons (Fsp3) is 0.214. The van der Waals surface area contributed by atoms with Gasteiger partial charge in [0.25, 0.3) is 11.1 Å². The summed E-state index contributed by atoms with van der Waals surface area (Å²) in [6.45, 7) is 2.67. The van der Waals surface area contributed by atoms with Gasteiger partial charge in [-0.2, -0.15) is 0 Å². The Morgan fingerprint density at radius 1 is 0.974 bits per heavy atom. The molecule has 1 N–H and O–H groups in total. The Balaban J connectivity index is 1.10. The molecule has 0 aliphatic carbocycles. The molecule has 1 aliphatic heterocycles. The maximum Gasteiger partial charge on any atom is 0.277 e. The van der Waals surface area contributed by atoms with Crippen LogP contribution in [0.2, 0.25) is 0 Å². The fourth-order valence-electron chi connectivity index (χ4n) is 4.25. The fourth-order valence-corrected chi connectivity index (χ4v) is 5.27. The minimum absolute atomic E-state index is 0.0206. The average molecular weight is 609 g/mol. The summed E-state index contributed by atoms with van der Waals surface area (Å²) in [4.78, 5) is 29.5. The molecule has 0 unspecified atom stereocenters. The number of nitrogens with zero attached hydrogens (tertiary/aromatic N) is 4. The standard InChI is InChI=1S/C28H26BrN5O4S/c1-37-24-9-5-3-7-22(24)27(36)34-16-14-33(15-17-34)20-12-10-19(11-13-20)30-25(35)18-39-28-32-31-26(38-28)21-6-2-4-8-23(21)29/h2-13H,14-18H2,1H3,(H,30,35). The van der Waals surface area contributed by atoms with Crippen molar-refractivity contribution in [2.24, 2.45) is 0 Å². The van der Waals surface area contributed by atoms with E-state index in [1.165, 1.54) is 11.8 Å². The molecule has 3 aromatic carbocycles. The van der Waals surface area contributed by atoms with E-state index in [1.807, 2.05) is 65.6 Å². The topological polar surface area (TPSA) is 101 Å². The molecule has 4 aromatic rings. The molecule has 1 fully saturated rings. The maximum absolute atomic E-state index is 13.0. The van der Waals surface area contributed by atoms with Crippen LogP contribution in [0.1, 0.15) is 10.4 Å². The Hall–Kier alpha value is -3.83. The lowest BCUT2D eigenvalue weighted by atomic mass is 10.1. The van der Waals surface area contributed by atoms with Crippen molar-refractivity contribution in [1.82, 2.24) is 15.1 Å². The summed E-state index contributed by atoms with van der Waals surface area (Å²) in [6.07, 6.45) is 0. The van der Waals surface area contributed by atoms with E-state index in [9.17, 15) is 9.59 Å². The molecule has 9 nitrogen and oxygen atoms in total. The molecular weight excluding hydrogens is 582 g/mol. The van der Waals surface area contributed by atoms with E-state index in [0.717, 1.165) is 28.8 Å². The van der Waals surface area contributed by atoms with Crippen molar-refractivity contribution in [2.45, 2.75) is 5.22 Å². The highest BCUT2D eigenvalue weighted by molar-refractivity contribution is 9.10. The zero-order valence-electron chi connectivity index (χ0n) is 21.2. The summed E-state index contributed by atoms with van der Waals surface area (Å²) in [6, 6.07) is 22.6. The number of halogens is 1. The second-order valence-corrected chi connectivity index (χ2v) is 10.5. The van der Waals surface area contributed by atoms with Crippen molar-refractivity contribution in [3.8, 4) is 17.2 Å². The van der Waals surface area contributed by atoms with Crippen molar-refractivity contribution < 1.29 is 18.7 Å². The third kappa shape index (κ3) is 6.43. The van der Waals surface area contributed by atoms with Crippen molar-refractivity contribution in [1.29, 1.82) is 0 Å². The van der Waals surface area contributed by atoms with E-state index in [1.54, 1.807) is 19.2 Å². The zero-order valence-corrected chi connectivity index (χ0v) is 23.6. The number of para-hydroxylation sites is 1. The van der Waals surface area contributed by atoms with Gasteiger partial charge in [-0.15, -0.1) is 10.2 Å². The van der Waals surface area contributed by atoms with Crippen LogP contribution in [0.15, 0.2) is 86.9 Å². The van der Waals surface area contributed by atoms with Gasteiger partial charge in [-0.05, 0) is 64.5 Å². The van der Waals surface area contributed by atoms with Crippen molar-refractivity contribution in [2.75, 3.05) is 49.3 Å². The minimum atomic E-state index is -0.170. The first-order valence-electron chi connectivity index (χ1n) is 12.3. The van der Waals surface area contributed by atoms with Crippen molar-refractivity contribution in [3.63, 3.8) is 0 Å². The number of hydrogen-bond acceptors (Lipinski definition) is 8. The lowest BCUT2D eigenvalue weighted by Gasteiger charge is -2.36. The van der Waals surface area contributed by atoms with Gasteiger partial charge in [-0.3, -0.25) is 9.59 Å². The summed E-state index contributed by atoms with van der Waals surface area (Å²) in [7, 11) is 1.57. The predicted molar refractivity (Wildman–Crippen MR) is 154 cm³/mol. The number of methoxy groups -OCH3 is 1. The Morgan fingerprint density at radius 3 is 2.44 bits per heavy atom. The number of nitrogens with one attached hydrogen (secondary N) is 1. The minimum Gasteiger partial charge on any atom is -0.496 e. The van der Waals surface area contributed by atoms with Gasteiger partial charge in [-0.1, -0.05) is 36.0 Å². The summed E-state index contributed by atoms with van der Waals surface area (Å²) < 4.78 is 11.9. The van der Waals surface area contributed by atoms with Crippen LogP contribution in [0.4, 0.5) is 11.4 Å². The molecule has 39 heavy (non-hydrogen) atoms. The highest BCUT2D eigenvalue weighted by Crippen LogP contribution is 2.29. The van der Waals surface area contributed by atoms with Crippen LogP contribution in [-0.2, 0) is 4.79 Å². The van der Waals surface area contributed by atoms with Gasteiger partial charge in [0.1, 0.15) is 5.75 Å². The largest absolute Gasteiger partial charge is 0.496 e. The highest BCUT2D eigenvalue weighted by Gasteiger charge is 2.24. The monoisotopic (exact) mass is 607 g/mol. The number of hydrogen-bond donors (Lipinski definition) is 1. The number of thioether (sulfide) groups is 1. The molecule has 1 aliphatic rings. The van der Waals surface area contributed by atoms with E-state index in [2.05, 4.69) is 36.3 Å². The summed E-state index contributed by atoms with van der Waals surface area (Å²) in [5, 5.41) is 11.3. The lowest BCUT2D eigenvalue weighted by Crippen LogP contribution is -2.48. The molecule has 5 rings (SSSR count). The van der Waals surface area contributed by atoms with Crippen molar-refractivity contribution >= 4 is 50.9 Å². The van der Waals surface area contributed by atoms with E-state index in [0.29, 0.717) is 41.2 Å². The van der Waals surface area contributed by atoms with E-state index in [-0.39, 0.29) is 17.6 Å². The van der Waals surface area contributed by atoms with E-state index < -0.39 is 0 Å². The molecule has 11 heteroatoms. The summed E-state index contributed by atoms with van der Waals surface area (Å²) >= 11 is 4.65. The molecule has 200 valence electrons. The number of carbonyl (C=O) groups excluding carboxylic acids is 2. The molecule has 1 saturated heterocycles. The van der Waals surface area contributed by atoms with Gasteiger partial charge in [0, 0.05) is 42.0 Å². The first-order valence-corrected chi connectivity index (χ1v) is 14.1. The van der Waals surface area contributed by atoms with Crippen LogP contribution >= 0.6 is 27.7 Å². The van der Waals surface area contributed by atoms with Crippen LogP contribution in [-0.4, -0.2) is 66.0 Å². The van der Waals surface area contributed by atoms with E-state index in [4.69, 9.17) is 9.15 Å². The number of aromatic nitrogens is 2. The van der Waals surface area contributed by atoms with Crippen molar-refractivity contribution in [3.05, 3.63) is 82.8 Å². The third-order valence-electron chi connectivity index (χ3n) is 6.26. The van der Waals surface area contributed by atoms with Crippen LogP contribution < -0.4 is 15.0 Å². The number of ether oxygens (including phenoxy) is 1. The highest BCUT2D eigenvalue weighted by atomic mass is 79.9. The number of benzene rings is 3. The molecule has 2 amide bonds. The third-order valence-corrected chi connectivity index (χ3v) is 7.77. The molecule has 0 atom stereocenters. The number of anilines is 2. The second-order valence-electron chi connectivity index (χ2n) is 8.72. The van der Waals surface area contributed by atoms with Crippen LogP contribution in [0, 0.1) is 0 Å². The van der Waals surface area contributed by atoms with Gasteiger partial charge in [0.2, 0.25) is 11.8 Å². The molecule has 1 aromatic heterocycles. The predicted octanol–water partition coefficient (Wildman–Crippen LogP) is 5.20. The van der Waals surface area contributed by atoms with Gasteiger partial charge < -0.3 is 24.3 Å². The molecule has 0 radical (unpaired) electrons. The lowest BCUT2D eigenvalue weighted by molar-refractivity contribution is -0.113. The molecular formula is C28H26BrN5O4S. The Morgan fingerprint density at radius 2 is 1.69 bits per heavy atom. The smallest absolute Gasteiger partial charge is 0.277 e. The summed E-state index contributed by atoms with van der Waals surface area (Å²) in [5.74, 6) is 0.931. The van der Waals surface area contributed by atoms with Gasteiger partial charge in [0.15, 0.2) is 0 Å². The molecule has 0 saturated carbocycles. The number of piperazine rings is 1. The zero-order chi connectivity index (χ0) is 27.2. The second kappa shape index (κ2) is 12.4. The normalized spacial score (nSPS) is 13.3. The summed E-state index contributed by atoms with van der Waals surface area (Å²) in [5.41, 5.74) is 3.12. The molecule has 0 spiro atoms. The first kappa shape index (κ1) is 26.8. The average Bonchev–Trinajstić information content (AvgIpc) is 3.45. The van der Waals surface area contributed by atoms with Gasteiger partial charge >= 0.3 is 0 Å². The van der Waals surface area contributed by atoms with Crippen LogP contribution in [0.25, 0.3) is 11.5 Å². The van der Waals surface area contributed by atoms with Crippen LogP contribution in [0.3, 0.4) is 0 Å². The number of rotatable bonds is 8. The maximum atomic E-state index is 13.0. The quantitative estimate of drug-likeness (QED) is 0.273.